The van der Waals surface area contributed by atoms with Crippen LogP contribution in [-0.4, -0.2) is 26.0 Å². The van der Waals surface area contributed by atoms with E-state index >= 15 is 0 Å². The van der Waals surface area contributed by atoms with Crippen molar-refractivity contribution in [3.63, 3.8) is 0 Å². The first-order valence-corrected chi connectivity index (χ1v) is 9.68. The number of ether oxygens (including phenoxy) is 2. The summed E-state index contributed by atoms with van der Waals surface area (Å²) in [4.78, 5) is 24.5. The van der Waals surface area contributed by atoms with Crippen LogP contribution < -0.4 is 20.1 Å². The maximum absolute atomic E-state index is 12.8. The summed E-state index contributed by atoms with van der Waals surface area (Å²) in [6.45, 7) is 5.57. The van der Waals surface area contributed by atoms with E-state index in [1.165, 1.54) is 6.92 Å². The van der Waals surface area contributed by atoms with Crippen molar-refractivity contribution in [3.8, 4) is 11.5 Å². The van der Waals surface area contributed by atoms with Crippen molar-refractivity contribution in [1.29, 1.82) is 0 Å². The van der Waals surface area contributed by atoms with Gasteiger partial charge in [0, 0.05) is 6.92 Å². The molecule has 0 bridgehead atoms. The number of amides is 2. The van der Waals surface area contributed by atoms with Crippen molar-refractivity contribution in [1.82, 2.24) is 10.6 Å². The summed E-state index contributed by atoms with van der Waals surface area (Å²) in [6, 6.07) is 14.5. The van der Waals surface area contributed by atoms with Crippen LogP contribution in [-0.2, 0) is 9.59 Å². The Bertz CT molecular complexity index is 801. The lowest BCUT2D eigenvalue weighted by molar-refractivity contribution is -0.123. The van der Waals surface area contributed by atoms with Gasteiger partial charge < -0.3 is 20.1 Å². The Kier molecular flexibility index (Phi) is 8.07. The van der Waals surface area contributed by atoms with Crippen molar-refractivity contribution in [2.45, 2.75) is 39.3 Å². The maximum Gasteiger partial charge on any atom is 0.222 e. The zero-order chi connectivity index (χ0) is 21.4. The second-order valence-electron chi connectivity index (χ2n) is 7.29. The molecule has 0 aliphatic rings. The molecule has 0 aliphatic heterocycles. The Labute approximate surface area is 172 Å². The maximum atomic E-state index is 12.8. The lowest BCUT2D eigenvalue weighted by Crippen LogP contribution is -2.36. The van der Waals surface area contributed by atoms with E-state index in [1.807, 2.05) is 48.5 Å². The SMILES string of the molecule is COc1ccc(C(CC(=O)NC(c2ccc(OC)cc2)C(C)C)NC(C)=O)cc1. The van der Waals surface area contributed by atoms with E-state index < -0.39 is 6.04 Å². The minimum absolute atomic E-state index is 0.130. The zero-order valence-electron chi connectivity index (χ0n) is 17.7. The fraction of sp³-hybridized carbons (Fsp3) is 0.391. The second-order valence-corrected chi connectivity index (χ2v) is 7.29. The quantitative estimate of drug-likeness (QED) is 0.674. The summed E-state index contributed by atoms with van der Waals surface area (Å²) >= 11 is 0. The van der Waals surface area contributed by atoms with Crippen LogP contribution in [0.1, 0.15) is 50.4 Å². The molecule has 2 amide bonds. The molecule has 0 fully saturated rings. The minimum atomic E-state index is -0.415. The third-order valence-electron chi connectivity index (χ3n) is 4.74. The van der Waals surface area contributed by atoms with Gasteiger partial charge in [0.1, 0.15) is 11.5 Å². The lowest BCUT2D eigenvalue weighted by atomic mass is 9.95. The highest BCUT2D eigenvalue weighted by Gasteiger charge is 2.22. The molecule has 2 aromatic carbocycles. The summed E-state index contributed by atoms with van der Waals surface area (Å²) < 4.78 is 10.4. The molecule has 0 spiro atoms. The van der Waals surface area contributed by atoms with Gasteiger partial charge in [0.15, 0.2) is 0 Å². The van der Waals surface area contributed by atoms with E-state index in [9.17, 15) is 9.59 Å². The van der Waals surface area contributed by atoms with Crippen molar-refractivity contribution in [2.24, 2.45) is 5.92 Å². The highest BCUT2D eigenvalue weighted by Crippen LogP contribution is 2.25. The van der Waals surface area contributed by atoms with Crippen LogP contribution in [0.15, 0.2) is 48.5 Å². The summed E-state index contributed by atoms with van der Waals surface area (Å²) in [6.07, 6.45) is 0.144. The van der Waals surface area contributed by atoms with Crippen LogP contribution >= 0.6 is 0 Å². The summed E-state index contributed by atoms with van der Waals surface area (Å²) in [5.41, 5.74) is 1.86. The molecule has 2 rings (SSSR count). The first kappa shape index (κ1) is 22.3. The molecule has 0 heterocycles. The number of carbonyl (C=O) groups is 2. The number of benzene rings is 2. The fourth-order valence-corrected chi connectivity index (χ4v) is 3.20. The van der Waals surface area contributed by atoms with Crippen molar-refractivity contribution in [2.75, 3.05) is 14.2 Å². The van der Waals surface area contributed by atoms with Crippen LogP contribution in [0.3, 0.4) is 0 Å². The Hall–Kier alpha value is -3.02. The average Bonchev–Trinajstić information content (AvgIpc) is 2.71. The van der Waals surface area contributed by atoms with Gasteiger partial charge in [-0.05, 0) is 41.3 Å². The highest BCUT2D eigenvalue weighted by molar-refractivity contribution is 5.79. The van der Waals surface area contributed by atoms with Gasteiger partial charge in [0.25, 0.3) is 0 Å². The third-order valence-corrected chi connectivity index (χ3v) is 4.74. The first-order valence-electron chi connectivity index (χ1n) is 9.68. The van der Waals surface area contributed by atoms with Gasteiger partial charge in [-0.1, -0.05) is 38.1 Å². The molecule has 29 heavy (non-hydrogen) atoms. The third kappa shape index (κ3) is 6.52. The first-order chi connectivity index (χ1) is 13.8. The van der Waals surface area contributed by atoms with E-state index in [0.717, 1.165) is 22.6 Å². The summed E-state index contributed by atoms with van der Waals surface area (Å²) in [5.74, 6) is 1.38. The van der Waals surface area contributed by atoms with E-state index in [1.54, 1.807) is 14.2 Å². The molecule has 6 nitrogen and oxygen atoms in total. The molecule has 0 saturated carbocycles. The van der Waals surface area contributed by atoms with Crippen LogP contribution in [0.25, 0.3) is 0 Å². The van der Waals surface area contributed by atoms with Gasteiger partial charge in [0.05, 0.1) is 32.7 Å². The summed E-state index contributed by atoms with van der Waals surface area (Å²) in [5, 5.41) is 5.98. The molecule has 2 N–H and O–H groups in total. The monoisotopic (exact) mass is 398 g/mol. The second kappa shape index (κ2) is 10.5. The summed E-state index contributed by atoms with van der Waals surface area (Å²) in [7, 11) is 3.22. The fourth-order valence-electron chi connectivity index (χ4n) is 3.20. The predicted molar refractivity (Wildman–Crippen MR) is 113 cm³/mol. The molecule has 2 atom stereocenters. The van der Waals surface area contributed by atoms with E-state index in [0.29, 0.717) is 0 Å². The normalized spacial score (nSPS) is 12.8. The number of nitrogens with one attached hydrogen (secondary N) is 2. The van der Waals surface area contributed by atoms with Crippen LogP contribution in [0.2, 0.25) is 0 Å². The molecular formula is C23H30N2O4. The van der Waals surface area contributed by atoms with E-state index in [-0.39, 0.29) is 30.2 Å². The van der Waals surface area contributed by atoms with Gasteiger partial charge in [0.2, 0.25) is 11.8 Å². The molecule has 0 aliphatic carbocycles. The molecular weight excluding hydrogens is 368 g/mol. The van der Waals surface area contributed by atoms with Gasteiger partial charge >= 0.3 is 0 Å². The molecule has 0 saturated heterocycles. The number of hydrogen-bond acceptors (Lipinski definition) is 4. The standard InChI is InChI=1S/C23H30N2O4/c1-15(2)23(18-8-12-20(29-5)13-9-18)25-22(27)14-21(24-16(3)26)17-6-10-19(28-4)11-7-17/h6-13,15,21,23H,14H2,1-5H3,(H,24,26)(H,25,27). The van der Waals surface area contributed by atoms with Gasteiger partial charge in [-0.15, -0.1) is 0 Å². The Morgan fingerprint density at radius 2 is 1.31 bits per heavy atom. The Morgan fingerprint density at radius 3 is 1.72 bits per heavy atom. The largest absolute Gasteiger partial charge is 0.497 e. The minimum Gasteiger partial charge on any atom is -0.497 e. The molecule has 0 aromatic heterocycles. The number of methoxy groups -OCH3 is 2. The van der Waals surface area contributed by atoms with E-state index in [4.69, 9.17) is 9.47 Å². The van der Waals surface area contributed by atoms with Crippen molar-refractivity contribution in [3.05, 3.63) is 59.7 Å². The Morgan fingerprint density at radius 1 is 0.828 bits per heavy atom. The Balaban J connectivity index is 2.14. The average molecular weight is 399 g/mol. The molecule has 6 heteroatoms. The van der Waals surface area contributed by atoms with Crippen LogP contribution in [0.4, 0.5) is 0 Å². The number of rotatable bonds is 9. The van der Waals surface area contributed by atoms with Crippen LogP contribution in [0, 0.1) is 5.92 Å². The van der Waals surface area contributed by atoms with Gasteiger partial charge in [-0.3, -0.25) is 9.59 Å². The smallest absolute Gasteiger partial charge is 0.222 e. The van der Waals surface area contributed by atoms with Gasteiger partial charge in [-0.2, -0.15) is 0 Å². The molecule has 2 unspecified atom stereocenters. The van der Waals surface area contributed by atoms with Crippen molar-refractivity contribution >= 4 is 11.8 Å². The van der Waals surface area contributed by atoms with Crippen molar-refractivity contribution < 1.29 is 19.1 Å². The predicted octanol–water partition coefficient (Wildman–Crippen LogP) is 3.78. The van der Waals surface area contributed by atoms with Crippen LogP contribution in [0.5, 0.6) is 11.5 Å². The number of carbonyl (C=O) groups excluding carboxylic acids is 2. The molecule has 0 radical (unpaired) electrons. The van der Waals surface area contributed by atoms with E-state index in [2.05, 4.69) is 24.5 Å². The zero-order valence-corrected chi connectivity index (χ0v) is 17.7. The highest BCUT2D eigenvalue weighted by atomic mass is 16.5. The molecule has 156 valence electrons. The molecule has 2 aromatic rings. The topological polar surface area (TPSA) is 76.7 Å². The van der Waals surface area contributed by atoms with Gasteiger partial charge in [-0.25, -0.2) is 0 Å². The lowest BCUT2D eigenvalue weighted by Gasteiger charge is -2.25. The number of hydrogen-bond donors (Lipinski definition) is 2.